The third kappa shape index (κ3) is 5.23. The highest BCUT2D eigenvalue weighted by Gasteiger charge is 2.18. The summed E-state index contributed by atoms with van der Waals surface area (Å²) in [6.07, 6.45) is 7.77. The highest BCUT2D eigenvalue weighted by atomic mass is 16.5. The SMILES string of the molecule is COc1cccc(CNC(=O)Cn2ccnc2-c2ccnc(N3CCC(C)CC3)c2)c1. The smallest absolute Gasteiger partial charge is 0.240 e. The fourth-order valence-electron chi connectivity index (χ4n) is 3.86. The summed E-state index contributed by atoms with van der Waals surface area (Å²) < 4.78 is 7.11. The summed E-state index contributed by atoms with van der Waals surface area (Å²) in [4.78, 5) is 24.0. The molecule has 1 N–H and O–H groups in total. The number of carbonyl (C=O) groups excluding carboxylic acids is 1. The molecular weight excluding hydrogens is 390 g/mol. The molecule has 4 rings (SSSR count). The lowest BCUT2D eigenvalue weighted by atomic mass is 9.99. The van der Waals surface area contributed by atoms with E-state index in [1.54, 1.807) is 13.3 Å². The number of imidazole rings is 1. The molecule has 3 aromatic rings. The van der Waals surface area contributed by atoms with Gasteiger partial charge in [0.15, 0.2) is 0 Å². The number of nitrogens with zero attached hydrogens (tertiary/aromatic N) is 4. The number of ether oxygens (including phenoxy) is 1. The van der Waals surface area contributed by atoms with Crippen molar-refractivity contribution in [3.05, 3.63) is 60.6 Å². The first-order valence-electron chi connectivity index (χ1n) is 10.7. The Balaban J connectivity index is 1.41. The zero-order chi connectivity index (χ0) is 21.6. The summed E-state index contributed by atoms with van der Waals surface area (Å²) in [6.45, 7) is 5.01. The van der Waals surface area contributed by atoms with Crippen LogP contribution in [0.2, 0.25) is 0 Å². The predicted molar refractivity (Wildman–Crippen MR) is 121 cm³/mol. The number of pyridine rings is 1. The predicted octanol–water partition coefficient (Wildman–Crippen LogP) is 3.51. The number of anilines is 1. The van der Waals surface area contributed by atoms with Crippen molar-refractivity contribution in [2.24, 2.45) is 5.92 Å². The number of rotatable bonds is 7. The Morgan fingerprint density at radius 3 is 2.81 bits per heavy atom. The maximum atomic E-state index is 12.6. The zero-order valence-electron chi connectivity index (χ0n) is 18.1. The van der Waals surface area contributed by atoms with E-state index in [4.69, 9.17) is 4.74 Å². The van der Waals surface area contributed by atoms with Gasteiger partial charge in [-0.25, -0.2) is 9.97 Å². The Labute approximate surface area is 183 Å². The van der Waals surface area contributed by atoms with E-state index in [1.807, 2.05) is 47.3 Å². The van der Waals surface area contributed by atoms with Crippen molar-refractivity contribution in [1.82, 2.24) is 19.9 Å². The van der Waals surface area contributed by atoms with Crippen LogP contribution in [-0.2, 0) is 17.9 Å². The minimum absolute atomic E-state index is 0.0682. The van der Waals surface area contributed by atoms with Gasteiger partial charge in [0.25, 0.3) is 0 Å². The van der Waals surface area contributed by atoms with Crippen molar-refractivity contribution in [1.29, 1.82) is 0 Å². The largest absolute Gasteiger partial charge is 0.497 e. The molecule has 1 fully saturated rings. The van der Waals surface area contributed by atoms with Gasteiger partial charge < -0.3 is 19.5 Å². The minimum Gasteiger partial charge on any atom is -0.497 e. The second-order valence-electron chi connectivity index (χ2n) is 8.08. The van der Waals surface area contributed by atoms with E-state index in [-0.39, 0.29) is 12.5 Å². The van der Waals surface area contributed by atoms with Gasteiger partial charge in [-0.3, -0.25) is 4.79 Å². The van der Waals surface area contributed by atoms with Gasteiger partial charge in [0.2, 0.25) is 5.91 Å². The molecule has 0 unspecified atom stereocenters. The van der Waals surface area contributed by atoms with Gasteiger partial charge in [0, 0.05) is 43.8 Å². The first-order valence-corrected chi connectivity index (χ1v) is 10.7. The van der Waals surface area contributed by atoms with Crippen LogP contribution >= 0.6 is 0 Å². The molecule has 3 heterocycles. The van der Waals surface area contributed by atoms with Crippen molar-refractivity contribution in [3.8, 4) is 17.1 Å². The number of hydrogen-bond acceptors (Lipinski definition) is 5. The third-order valence-corrected chi connectivity index (χ3v) is 5.76. The van der Waals surface area contributed by atoms with Crippen molar-refractivity contribution in [2.45, 2.75) is 32.9 Å². The number of benzene rings is 1. The highest BCUT2D eigenvalue weighted by molar-refractivity contribution is 5.76. The molecule has 0 spiro atoms. The Bertz CT molecular complexity index is 1020. The molecule has 1 aromatic carbocycles. The molecule has 1 aliphatic heterocycles. The molecule has 31 heavy (non-hydrogen) atoms. The molecule has 1 saturated heterocycles. The average Bonchev–Trinajstić information content (AvgIpc) is 3.26. The standard InChI is InChI=1S/C24H29N5O2/c1-18-7-11-28(12-8-18)22-15-20(6-9-25-22)24-26-10-13-29(24)17-23(30)27-16-19-4-3-5-21(14-19)31-2/h3-6,9-10,13-15,18H,7-8,11-12,16-17H2,1-2H3,(H,27,30). The van der Waals surface area contributed by atoms with Crippen LogP contribution < -0.4 is 15.0 Å². The monoisotopic (exact) mass is 419 g/mol. The second-order valence-corrected chi connectivity index (χ2v) is 8.08. The van der Waals surface area contributed by atoms with Crippen LogP contribution in [-0.4, -0.2) is 40.6 Å². The normalized spacial score (nSPS) is 14.5. The summed E-state index contributed by atoms with van der Waals surface area (Å²) in [6, 6.07) is 11.7. The topological polar surface area (TPSA) is 72.3 Å². The Hall–Kier alpha value is -3.35. The minimum atomic E-state index is -0.0682. The van der Waals surface area contributed by atoms with Crippen LogP contribution in [0.1, 0.15) is 25.3 Å². The number of methoxy groups -OCH3 is 1. The quantitative estimate of drug-likeness (QED) is 0.635. The van der Waals surface area contributed by atoms with E-state index in [0.29, 0.717) is 6.54 Å². The lowest BCUT2D eigenvalue weighted by Gasteiger charge is -2.31. The Kier molecular flexibility index (Phi) is 6.50. The summed E-state index contributed by atoms with van der Waals surface area (Å²) in [5.74, 6) is 3.22. The number of amides is 1. The van der Waals surface area contributed by atoms with Crippen LogP contribution in [0.4, 0.5) is 5.82 Å². The fourth-order valence-corrected chi connectivity index (χ4v) is 3.86. The number of carbonyl (C=O) groups is 1. The third-order valence-electron chi connectivity index (χ3n) is 5.76. The Morgan fingerprint density at radius 1 is 1.16 bits per heavy atom. The van der Waals surface area contributed by atoms with E-state index in [9.17, 15) is 4.79 Å². The number of piperidine rings is 1. The second kappa shape index (κ2) is 9.64. The molecule has 2 aromatic heterocycles. The summed E-state index contributed by atoms with van der Waals surface area (Å²) in [7, 11) is 1.63. The number of nitrogens with one attached hydrogen (secondary N) is 1. The average molecular weight is 420 g/mol. The zero-order valence-corrected chi connectivity index (χ0v) is 18.1. The van der Waals surface area contributed by atoms with Crippen molar-refractivity contribution < 1.29 is 9.53 Å². The molecule has 0 saturated carbocycles. The van der Waals surface area contributed by atoms with E-state index in [1.165, 1.54) is 12.8 Å². The molecule has 162 valence electrons. The highest BCUT2D eigenvalue weighted by Crippen LogP contribution is 2.25. The molecular formula is C24H29N5O2. The fraction of sp³-hybridized carbons (Fsp3) is 0.375. The van der Waals surface area contributed by atoms with Crippen LogP contribution in [0.3, 0.4) is 0 Å². The van der Waals surface area contributed by atoms with Gasteiger partial charge in [-0.2, -0.15) is 0 Å². The summed E-state index contributed by atoms with van der Waals surface area (Å²) >= 11 is 0. The molecule has 7 nitrogen and oxygen atoms in total. The van der Waals surface area contributed by atoms with Crippen LogP contribution in [0, 0.1) is 5.92 Å². The number of aromatic nitrogens is 3. The molecule has 1 aliphatic rings. The van der Waals surface area contributed by atoms with Gasteiger partial charge in [0.05, 0.1) is 7.11 Å². The first kappa shape index (κ1) is 20.9. The lowest BCUT2D eigenvalue weighted by molar-refractivity contribution is -0.121. The van der Waals surface area contributed by atoms with Gasteiger partial charge in [-0.05, 0) is 48.6 Å². The molecule has 0 bridgehead atoms. The summed E-state index contributed by atoms with van der Waals surface area (Å²) in [5, 5.41) is 2.97. The lowest BCUT2D eigenvalue weighted by Crippen LogP contribution is -2.33. The maximum absolute atomic E-state index is 12.6. The van der Waals surface area contributed by atoms with E-state index >= 15 is 0 Å². The number of hydrogen-bond donors (Lipinski definition) is 1. The van der Waals surface area contributed by atoms with Crippen LogP contribution in [0.25, 0.3) is 11.4 Å². The van der Waals surface area contributed by atoms with Gasteiger partial charge in [-0.1, -0.05) is 19.1 Å². The molecule has 0 atom stereocenters. The van der Waals surface area contributed by atoms with Gasteiger partial charge in [0.1, 0.15) is 23.9 Å². The maximum Gasteiger partial charge on any atom is 0.240 e. The van der Waals surface area contributed by atoms with E-state index in [0.717, 1.165) is 47.5 Å². The molecule has 0 radical (unpaired) electrons. The molecule has 1 amide bonds. The first-order chi connectivity index (χ1) is 15.1. The van der Waals surface area contributed by atoms with Crippen LogP contribution in [0.5, 0.6) is 5.75 Å². The van der Waals surface area contributed by atoms with E-state index in [2.05, 4.69) is 33.2 Å². The van der Waals surface area contributed by atoms with Gasteiger partial charge in [-0.15, -0.1) is 0 Å². The van der Waals surface area contributed by atoms with Crippen LogP contribution in [0.15, 0.2) is 55.0 Å². The molecule has 0 aliphatic carbocycles. The van der Waals surface area contributed by atoms with Crippen molar-refractivity contribution >= 4 is 11.7 Å². The summed E-state index contributed by atoms with van der Waals surface area (Å²) in [5.41, 5.74) is 1.96. The Morgan fingerprint density at radius 2 is 2.00 bits per heavy atom. The van der Waals surface area contributed by atoms with Crippen molar-refractivity contribution in [3.63, 3.8) is 0 Å². The van der Waals surface area contributed by atoms with Crippen molar-refractivity contribution in [2.75, 3.05) is 25.1 Å². The molecule has 7 heteroatoms. The van der Waals surface area contributed by atoms with Gasteiger partial charge >= 0.3 is 0 Å². The van der Waals surface area contributed by atoms with E-state index < -0.39 is 0 Å².